The molecule has 1 aliphatic rings. The van der Waals surface area contributed by atoms with Gasteiger partial charge >= 0.3 is 0 Å². The first-order valence-corrected chi connectivity index (χ1v) is 5.22. The zero-order valence-corrected chi connectivity index (χ0v) is 8.47. The van der Waals surface area contributed by atoms with E-state index in [1.807, 2.05) is 5.01 Å². The lowest BCUT2D eigenvalue weighted by Crippen LogP contribution is -2.37. The van der Waals surface area contributed by atoms with E-state index in [1.54, 1.807) is 0 Å². The van der Waals surface area contributed by atoms with Gasteiger partial charge in [-0.1, -0.05) is 26.7 Å². The van der Waals surface area contributed by atoms with E-state index in [2.05, 4.69) is 13.8 Å². The SMILES string of the molecule is CCN(N)CCC1(CC)CCC1. The largest absolute Gasteiger partial charge is 0.269 e. The lowest BCUT2D eigenvalue weighted by Gasteiger charge is -2.42. The van der Waals surface area contributed by atoms with Gasteiger partial charge in [0.25, 0.3) is 0 Å². The van der Waals surface area contributed by atoms with Crippen molar-refractivity contribution in [1.29, 1.82) is 0 Å². The third-order valence-corrected chi connectivity index (χ3v) is 3.50. The third kappa shape index (κ3) is 2.20. The Morgan fingerprint density at radius 2 is 2.00 bits per heavy atom. The number of nitrogens with zero attached hydrogens (tertiary/aromatic N) is 1. The highest BCUT2D eigenvalue weighted by Gasteiger charge is 2.34. The van der Waals surface area contributed by atoms with E-state index in [-0.39, 0.29) is 0 Å². The van der Waals surface area contributed by atoms with Gasteiger partial charge in [0.15, 0.2) is 0 Å². The monoisotopic (exact) mass is 170 g/mol. The second-order valence-corrected chi connectivity index (χ2v) is 4.09. The summed E-state index contributed by atoms with van der Waals surface area (Å²) in [6.07, 6.45) is 6.94. The molecule has 0 aromatic rings. The van der Waals surface area contributed by atoms with Crippen LogP contribution in [0.5, 0.6) is 0 Å². The van der Waals surface area contributed by atoms with Crippen molar-refractivity contribution in [2.24, 2.45) is 11.3 Å². The Kier molecular flexibility index (Phi) is 3.53. The molecule has 12 heavy (non-hydrogen) atoms. The average molecular weight is 170 g/mol. The van der Waals surface area contributed by atoms with E-state index in [9.17, 15) is 0 Å². The van der Waals surface area contributed by atoms with Crippen LogP contribution in [-0.4, -0.2) is 18.1 Å². The summed E-state index contributed by atoms with van der Waals surface area (Å²) >= 11 is 0. The van der Waals surface area contributed by atoms with Crippen LogP contribution in [-0.2, 0) is 0 Å². The molecule has 0 unspecified atom stereocenters. The maximum Gasteiger partial charge on any atom is 0.0133 e. The Morgan fingerprint density at radius 1 is 1.33 bits per heavy atom. The zero-order valence-electron chi connectivity index (χ0n) is 8.47. The number of hydrazine groups is 1. The molecule has 2 heteroatoms. The Labute approximate surface area is 76.1 Å². The molecule has 1 rings (SSSR count). The van der Waals surface area contributed by atoms with Crippen molar-refractivity contribution in [3.05, 3.63) is 0 Å². The van der Waals surface area contributed by atoms with Gasteiger partial charge in [-0.05, 0) is 24.7 Å². The van der Waals surface area contributed by atoms with Gasteiger partial charge in [-0.15, -0.1) is 0 Å². The molecule has 1 aliphatic carbocycles. The molecule has 0 aromatic carbocycles. The molecule has 0 saturated heterocycles. The second kappa shape index (κ2) is 4.24. The van der Waals surface area contributed by atoms with Gasteiger partial charge in [-0.25, -0.2) is 5.01 Å². The van der Waals surface area contributed by atoms with Crippen LogP contribution in [0.4, 0.5) is 0 Å². The lowest BCUT2D eigenvalue weighted by molar-refractivity contribution is 0.0927. The van der Waals surface area contributed by atoms with Crippen LogP contribution in [0.3, 0.4) is 0 Å². The Morgan fingerprint density at radius 3 is 2.33 bits per heavy atom. The number of nitrogens with two attached hydrogens (primary N) is 1. The highest BCUT2D eigenvalue weighted by molar-refractivity contribution is 4.86. The molecule has 0 bridgehead atoms. The van der Waals surface area contributed by atoms with Gasteiger partial charge in [-0.3, -0.25) is 5.84 Å². The Balaban J connectivity index is 2.20. The minimum absolute atomic E-state index is 0.673. The molecule has 2 nitrogen and oxygen atoms in total. The summed E-state index contributed by atoms with van der Waals surface area (Å²) in [7, 11) is 0. The molecule has 0 radical (unpaired) electrons. The summed E-state index contributed by atoms with van der Waals surface area (Å²) in [4.78, 5) is 0. The Hall–Kier alpha value is -0.0800. The quantitative estimate of drug-likeness (QED) is 0.506. The van der Waals surface area contributed by atoms with Crippen molar-refractivity contribution >= 4 is 0 Å². The van der Waals surface area contributed by atoms with E-state index in [0.29, 0.717) is 5.41 Å². The molecule has 0 atom stereocenters. The van der Waals surface area contributed by atoms with Crippen LogP contribution in [0.15, 0.2) is 0 Å². The molecule has 0 heterocycles. The number of hydrogen-bond donors (Lipinski definition) is 1. The van der Waals surface area contributed by atoms with Crippen molar-refractivity contribution in [1.82, 2.24) is 5.01 Å². The second-order valence-electron chi connectivity index (χ2n) is 4.09. The number of hydrogen-bond acceptors (Lipinski definition) is 2. The van der Waals surface area contributed by atoms with Crippen LogP contribution in [0, 0.1) is 5.41 Å². The van der Waals surface area contributed by atoms with Crippen molar-refractivity contribution in [3.8, 4) is 0 Å². The predicted molar refractivity (Wildman–Crippen MR) is 52.6 cm³/mol. The molecule has 2 N–H and O–H groups in total. The molecule has 1 saturated carbocycles. The van der Waals surface area contributed by atoms with Crippen molar-refractivity contribution in [3.63, 3.8) is 0 Å². The first-order valence-electron chi connectivity index (χ1n) is 5.22. The van der Waals surface area contributed by atoms with Crippen molar-refractivity contribution in [2.45, 2.75) is 46.0 Å². The fourth-order valence-electron chi connectivity index (χ4n) is 2.00. The fourth-order valence-corrected chi connectivity index (χ4v) is 2.00. The van der Waals surface area contributed by atoms with Crippen LogP contribution in [0.25, 0.3) is 0 Å². The predicted octanol–water partition coefficient (Wildman–Crippen LogP) is 2.15. The van der Waals surface area contributed by atoms with Crippen molar-refractivity contribution in [2.75, 3.05) is 13.1 Å². The van der Waals surface area contributed by atoms with Gasteiger partial charge < -0.3 is 0 Å². The minimum Gasteiger partial charge on any atom is -0.269 e. The molecule has 0 aliphatic heterocycles. The van der Waals surface area contributed by atoms with Crippen LogP contribution < -0.4 is 5.84 Å². The van der Waals surface area contributed by atoms with Gasteiger partial charge in [0.2, 0.25) is 0 Å². The molecule has 0 aromatic heterocycles. The molecular formula is C10H22N2. The summed E-state index contributed by atoms with van der Waals surface area (Å²) in [6.45, 7) is 6.47. The number of rotatable bonds is 5. The fraction of sp³-hybridized carbons (Fsp3) is 1.00. The summed E-state index contributed by atoms with van der Waals surface area (Å²) in [6, 6.07) is 0. The van der Waals surface area contributed by atoms with E-state index in [1.165, 1.54) is 32.1 Å². The molecule has 72 valence electrons. The molecule has 0 amide bonds. The molecular weight excluding hydrogens is 148 g/mol. The van der Waals surface area contributed by atoms with Crippen LogP contribution >= 0.6 is 0 Å². The van der Waals surface area contributed by atoms with Crippen molar-refractivity contribution < 1.29 is 0 Å². The van der Waals surface area contributed by atoms with Gasteiger partial charge in [0.1, 0.15) is 0 Å². The lowest BCUT2D eigenvalue weighted by atomic mass is 9.65. The van der Waals surface area contributed by atoms with Crippen LogP contribution in [0.1, 0.15) is 46.0 Å². The zero-order chi connectivity index (χ0) is 9.03. The minimum atomic E-state index is 0.673. The maximum atomic E-state index is 5.75. The first kappa shape index (κ1) is 10.0. The maximum absolute atomic E-state index is 5.75. The molecule has 0 spiro atoms. The van der Waals surface area contributed by atoms with E-state index >= 15 is 0 Å². The summed E-state index contributed by atoms with van der Waals surface area (Å²) in [5.74, 6) is 5.75. The topological polar surface area (TPSA) is 29.3 Å². The first-order chi connectivity index (χ1) is 5.72. The summed E-state index contributed by atoms with van der Waals surface area (Å²) in [5.41, 5.74) is 0.673. The van der Waals surface area contributed by atoms with E-state index in [0.717, 1.165) is 13.1 Å². The summed E-state index contributed by atoms with van der Waals surface area (Å²) < 4.78 is 0. The Bertz CT molecular complexity index is 124. The van der Waals surface area contributed by atoms with Crippen LogP contribution in [0.2, 0.25) is 0 Å². The van der Waals surface area contributed by atoms with E-state index in [4.69, 9.17) is 5.84 Å². The highest BCUT2D eigenvalue weighted by Crippen LogP contribution is 2.46. The summed E-state index contributed by atoms with van der Waals surface area (Å²) in [5, 5.41) is 1.93. The third-order valence-electron chi connectivity index (χ3n) is 3.50. The van der Waals surface area contributed by atoms with E-state index < -0.39 is 0 Å². The normalized spacial score (nSPS) is 21.0. The van der Waals surface area contributed by atoms with Gasteiger partial charge in [0, 0.05) is 13.1 Å². The average Bonchev–Trinajstić information content (AvgIpc) is 2.03. The molecule has 1 fully saturated rings. The smallest absolute Gasteiger partial charge is 0.0133 e. The van der Waals surface area contributed by atoms with Gasteiger partial charge in [0.05, 0.1) is 0 Å². The van der Waals surface area contributed by atoms with Gasteiger partial charge in [-0.2, -0.15) is 0 Å². The highest BCUT2D eigenvalue weighted by atomic mass is 15.4. The standard InChI is InChI=1S/C10H22N2/c1-3-10(6-5-7-10)8-9-12(11)4-2/h3-9,11H2,1-2H3.